The Morgan fingerprint density at radius 3 is 2.66 bits per heavy atom. The van der Waals surface area contributed by atoms with Gasteiger partial charge in [-0.1, -0.05) is 5.16 Å². The summed E-state index contributed by atoms with van der Waals surface area (Å²) in [5.41, 5.74) is 2.48. The van der Waals surface area contributed by atoms with Crippen LogP contribution in [0.3, 0.4) is 0 Å². The van der Waals surface area contributed by atoms with Crippen molar-refractivity contribution in [2.75, 3.05) is 31.6 Å². The first-order chi connectivity index (χ1) is 16.7. The number of ether oxygens (including phenoxy) is 1. The van der Waals surface area contributed by atoms with Gasteiger partial charge in [0.2, 0.25) is 0 Å². The van der Waals surface area contributed by atoms with E-state index in [1.807, 2.05) is 18.2 Å². The van der Waals surface area contributed by atoms with Crippen LogP contribution in [0.4, 0.5) is 18.9 Å². The van der Waals surface area contributed by atoms with Gasteiger partial charge in [0.15, 0.2) is 0 Å². The molecule has 188 valence electrons. The molecule has 1 saturated carbocycles. The van der Waals surface area contributed by atoms with Gasteiger partial charge in [0, 0.05) is 30.2 Å². The number of carbonyl (C=O) groups excluding carboxylic acids is 1. The van der Waals surface area contributed by atoms with Crippen molar-refractivity contribution in [1.29, 1.82) is 0 Å². The van der Waals surface area contributed by atoms with Gasteiger partial charge in [0.05, 0.1) is 24.5 Å². The fraction of sp³-hybridized carbons (Fsp3) is 0.520. The summed E-state index contributed by atoms with van der Waals surface area (Å²) in [7, 11) is 0. The molecule has 2 N–H and O–H groups in total. The quantitative estimate of drug-likeness (QED) is 0.469. The number of aryl methyl sites for hydroxylation is 2. The molecule has 2 fully saturated rings. The van der Waals surface area contributed by atoms with Crippen LogP contribution >= 0.6 is 0 Å². The first-order valence-corrected chi connectivity index (χ1v) is 11.9. The smallest absolute Gasteiger partial charge is 0.401 e. The van der Waals surface area contributed by atoms with Crippen molar-refractivity contribution >= 4 is 22.5 Å². The zero-order chi connectivity index (χ0) is 24.7. The van der Waals surface area contributed by atoms with Crippen LogP contribution < -0.4 is 10.1 Å². The number of carbonyl (C=O) groups is 1. The lowest BCUT2D eigenvalue weighted by atomic mass is 10.0. The molecule has 1 aliphatic carbocycles. The lowest BCUT2D eigenvalue weighted by Crippen LogP contribution is -2.33. The van der Waals surface area contributed by atoms with Crippen LogP contribution in [0.15, 0.2) is 28.9 Å². The number of likely N-dealkylation sites (tertiary alicyclic amines) is 1. The number of halogens is 3. The average molecular weight is 491 g/mol. The molecule has 0 spiro atoms. The third kappa shape index (κ3) is 5.17. The summed E-state index contributed by atoms with van der Waals surface area (Å²) in [5.74, 6) is 2.10. The molecule has 3 heterocycles. The van der Waals surface area contributed by atoms with E-state index < -0.39 is 12.7 Å². The molecule has 1 aliphatic heterocycles. The average Bonchev–Trinajstić information content (AvgIpc) is 3.51. The summed E-state index contributed by atoms with van der Waals surface area (Å²) in [6.07, 6.45) is 0.439. The van der Waals surface area contributed by atoms with E-state index in [1.54, 1.807) is 24.9 Å². The number of hydrogen-bond donors (Lipinski definition) is 2. The molecule has 1 unspecified atom stereocenters. The molecular weight excluding hydrogens is 461 g/mol. The zero-order valence-corrected chi connectivity index (χ0v) is 19.7. The highest BCUT2D eigenvalue weighted by molar-refractivity contribution is 6.10. The zero-order valence-electron chi connectivity index (χ0n) is 19.7. The van der Waals surface area contributed by atoms with Crippen LogP contribution in [-0.4, -0.2) is 53.4 Å². The summed E-state index contributed by atoms with van der Waals surface area (Å²) in [6, 6.07) is 5.69. The number of nitrogens with zero attached hydrogens (tertiary/aromatic N) is 2. The number of aromatic amines is 1. The maximum absolute atomic E-state index is 12.7. The van der Waals surface area contributed by atoms with E-state index in [0.717, 1.165) is 30.2 Å². The Balaban J connectivity index is 1.15. The molecule has 3 atom stereocenters. The summed E-state index contributed by atoms with van der Waals surface area (Å²) in [4.78, 5) is 17.4. The maximum Gasteiger partial charge on any atom is 0.401 e. The summed E-state index contributed by atoms with van der Waals surface area (Å²) < 4.78 is 49.1. The predicted octanol–water partition coefficient (Wildman–Crippen LogP) is 5.31. The fourth-order valence-electron chi connectivity index (χ4n) is 5.77. The maximum atomic E-state index is 12.7. The highest BCUT2D eigenvalue weighted by Crippen LogP contribution is 2.43. The lowest BCUT2D eigenvalue weighted by Gasteiger charge is -2.20. The molecule has 0 bridgehead atoms. The van der Waals surface area contributed by atoms with Gasteiger partial charge in [0.25, 0.3) is 5.91 Å². The van der Waals surface area contributed by atoms with Crippen LogP contribution in [0.2, 0.25) is 0 Å². The topological polar surface area (TPSA) is 83.4 Å². The van der Waals surface area contributed by atoms with Crippen molar-refractivity contribution in [3.63, 3.8) is 0 Å². The summed E-state index contributed by atoms with van der Waals surface area (Å²) in [5, 5.41) is 7.59. The highest BCUT2D eigenvalue weighted by atomic mass is 19.4. The number of alkyl halides is 3. The van der Waals surface area contributed by atoms with E-state index >= 15 is 0 Å². The Kier molecular flexibility index (Phi) is 6.25. The van der Waals surface area contributed by atoms with E-state index in [-0.39, 0.29) is 5.91 Å². The molecule has 2 aromatic heterocycles. The molecule has 10 heteroatoms. The Hall–Kier alpha value is -3.01. The van der Waals surface area contributed by atoms with Crippen molar-refractivity contribution in [2.24, 2.45) is 17.8 Å². The van der Waals surface area contributed by atoms with Gasteiger partial charge in [0.1, 0.15) is 17.1 Å². The van der Waals surface area contributed by atoms with Crippen molar-refractivity contribution in [3.8, 4) is 5.75 Å². The Bertz CT molecular complexity index is 1180. The number of aromatic nitrogens is 2. The Morgan fingerprint density at radius 1 is 1.26 bits per heavy atom. The summed E-state index contributed by atoms with van der Waals surface area (Å²) in [6.45, 7) is 4.28. The van der Waals surface area contributed by atoms with Crippen molar-refractivity contribution in [2.45, 2.75) is 39.3 Å². The second-order valence-corrected chi connectivity index (χ2v) is 9.87. The minimum absolute atomic E-state index is 0.283. The van der Waals surface area contributed by atoms with E-state index in [1.165, 1.54) is 0 Å². The molecule has 2 aliphatic rings. The number of amides is 1. The monoisotopic (exact) mass is 490 g/mol. The van der Waals surface area contributed by atoms with E-state index in [0.29, 0.717) is 65.9 Å². The van der Waals surface area contributed by atoms with E-state index in [9.17, 15) is 18.0 Å². The molecule has 1 amide bonds. The molecule has 35 heavy (non-hydrogen) atoms. The molecule has 1 aromatic carbocycles. The predicted molar refractivity (Wildman–Crippen MR) is 125 cm³/mol. The number of rotatable bonds is 7. The number of fused-ring (bicyclic) bond motifs is 2. The van der Waals surface area contributed by atoms with Crippen LogP contribution in [-0.2, 0) is 0 Å². The molecule has 0 radical (unpaired) electrons. The number of hydrogen-bond acceptors (Lipinski definition) is 5. The van der Waals surface area contributed by atoms with Crippen molar-refractivity contribution in [3.05, 3.63) is 41.4 Å². The minimum Gasteiger partial charge on any atom is -0.494 e. The van der Waals surface area contributed by atoms with Gasteiger partial charge in [-0.3, -0.25) is 9.69 Å². The number of anilines is 1. The molecule has 1 saturated heterocycles. The molecule has 5 rings (SSSR count). The second-order valence-electron chi connectivity index (χ2n) is 9.87. The second kappa shape index (κ2) is 9.22. The first kappa shape index (κ1) is 23.7. The highest BCUT2D eigenvalue weighted by Gasteiger charge is 2.43. The lowest BCUT2D eigenvalue weighted by molar-refractivity contribution is -0.144. The first-order valence-electron chi connectivity index (χ1n) is 11.9. The van der Waals surface area contributed by atoms with E-state index in [4.69, 9.17) is 9.26 Å². The van der Waals surface area contributed by atoms with Gasteiger partial charge >= 0.3 is 6.18 Å². The number of H-pyrrole nitrogens is 1. The Labute approximate surface area is 201 Å². The van der Waals surface area contributed by atoms with Gasteiger partial charge in [-0.05, 0) is 69.1 Å². The largest absolute Gasteiger partial charge is 0.494 e. The standard InChI is InChI=1S/C25H29F3N4O3/c1-14-23(15(2)35-31-14)24(33)30-22-10-29-21-4-3-19(9-20(21)22)34-6-5-16-7-17-11-32(12-18(17)8-16)13-25(26,27)28/h3-4,9-10,16-18,29H,5-8,11-13H2,1-2H3,(H,30,33)/t16?,17-,18+. The SMILES string of the molecule is Cc1noc(C)c1C(=O)Nc1c[nH]c2ccc(OCCC3C[C@@H]4CN(CC(F)(F)F)C[C@@H]4C3)cc12. The number of nitrogens with one attached hydrogen (secondary N) is 2. The van der Waals surface area contributed by atoms with Crippen LogP contribution in [0.5, 0.6) is 5.75 Å². The molecule has 3 aromatic rings. The van der Waals surface area contributed by atoms with Crippen molar-refractivity contribution in [1.82, 2.24) is 15.0 Å². The third-order valence-corrected chi connectivity index (χ3v) is 7.28. The van der Waals surface area contributed by atoms with Crippen LogP contribution in [0.1, 0.15) is 41.1 Å². The normalized spacial score (nSPS) is 22.6. The molecule has 7 nitrogen and oxygen atoms in total. The summed E-state index contributed by atoms with van der Waals surface area (Å²) >= 11 is 0. The van der Waals surface area contributed by atoms with Crippen molar-refractivity contribution < 1.29 is 27.2 Å². The fourth-order valence-corrected chi connectivity index (χ4v) is 5.77. The third-order valence-electron chi connectivity index (χ3n) is 7.28. The van der Waals surface area contributed by atoms with Gasteiger partial charge in [-0.25, -0.2) is 0 Å². The minimum atomic E-state index is -4.12. The number of benzene rings is 1. The molecular formula is C25H29F3N4O3. The van der Waals surface area contributed by atoms with Crippen LogP contribution in [0.25, 0.3) is 10.9 Å². The van der Waals surface area contributed by atoms with Gasteiger partial charge in [-0.2, -0.15) is 13.2 Å². The van der Waals surface area contributed by atoms with Gasteiger partial charge in [-0.15, -0.1) is 0 Å². The van der Waals surface area contributed by atoms with Crippen LogP contribution in [0, 0.1) is 31.6 Å². The van der Waals surface area contributed by atoms with E-state index in [2.05, 4.69) is 15.5 Å². The van der Waals surface area contributed by atoms with Gasteiger partial charge < -0.3 is 19.6 Å². The Morgan fingerprint density at radius 2 is 2.00 bits per heavy atom.